The Kier molecular flexibility index (Phi) is 5.40. The number of halogens is 5. The number of anilines is 2. The van der Waals surface area contributed by atoms with E-state index in [0.717, 1.165) is 9.37 Å². The molecule has 3 rings (SSSR count). The number of carbonyl (C=O) groups excluding carboxylic acids is 1. The molecule has 1 atom stereocenters. The Morgan fingerprint density at radius 2 is 1.88 bits per heavy atom. The van der Waals surface area contributed by atoms with E-state index in [1.807, 2.05) is 0 Å². The predicted molar refractivity (Wildman–Crippen MR) is 89.6 cm³/mol. The fourth-order valence-electron chi connectivity index (χ4n) is 2.83. The molecule has 1 N–H and O–H groups in total. The van der Waals surface area contributed by atoms with Crippen molar-refractivity contribution in [2.75, 3.05) is 23.3 Å². The Hall–Kier alpha value is -2.23. The summed E-state index contributed by atoms with van der Waals surface area (Å²) in [6.45, 7) is 0.0795. The van der Waals surface area contributed by atoms with Crippen LogP contribution in [-0.2, 0) is 4.79 Å². The molecule has 3 heterocycles. The van der Waals surface area contributed by atoms with Crippen LogP contribution in [-0.4, -0.2) is 29.0 Å². The van der Waals surface area contributed by atoms with Gasteiger partial charge < -0.3 is 10.2 Å². The molecule has 0 bridgehead atoms. The molecule has 0 radical (unpaired) electrons. The SMILES string of the molecule is O=C(Nc1ccc(Br)cn1)C1CCCN(c2c(F)c(F)nc(F)c2F)C1. The maximum Gasteiger partial charge on any atom is 0.253 e. The first kappa shape index (κ1) is 18.6. The van der Waals surface area contributed by atoms with Crippen molar-refractivity contribution in [2.45, 2.75) is 12.8 Å². The molecular formula is C16H13BrF4N4O. The highest BCUT2D eigenvalue weighted by Gasteiger charge is 2.32. The van der Waals surface area contributed by atoms with E-state index in [2.05, 4.69) is 31.2 Å². The standard InChI is InChI=1S/C16H13BrF4N4O/c17-9-3-4-10(22-6-9)23-16(26)8-2-1-5-25(7-8)13-11(18)14(20)24-15(21)12(13)19/h3-4,6,8H,1-2,5,7H2,(H,22,23,26). The molecule has 5 nitrogen and oxygen atoms in total. The summed E-state index contributed by atoms with van der Waals surface area (Å²) in [7, 11) is 0. The van der Waals surface area contributed by atoms with Crippen LogP contribution in [0.15, 0.2) is 22.8 Å². The van der Waals surface area contributed by atoms with Crippen LogP contribution >= 0.6 is 15.9 Å². The second-order valence-electron chi connectivity index (χ2n) is 5.81. The lowest BCUT2D eigenvalue weighted by atomic mass is 9.96. The molecule has 2 aromatic rings. The number of amides is 1. The first-order valence-corrected chi connectivity index (χ1v) is 8.53. The molecule has 1 aliphatic heterocycles. The van der Waals surface area contributed by atoms with Crippen LogP contribution in [0, 0.1) is 29.4 Å². The first-order valence-electron chi connectivity index (χ1n) is 7.74. The van der Waals surface area contributed by atoms with Crippen molar-refractivity contribution in [2.24, 2.45) is 5.92 Å². The summed E-state index contributed by atoms with van der Waals surface area (Å²) in [5, 5.41) is 2.62. The number of nitrogens with zero attached hydrogens (tertiary/aromatic N) is 3. The van der Waals surface area contributed by atoms with Crippen molar-refractivity contribution >= 4 is 33.3 Å². The normalized spacial score (nSPS) is 17.3. The summed E-state index contributed by atoms with van der Waals surface area (Å²) in [5.41, 5.74) is -0.839. The summed E-state index contributed by atoms with van der Waals surface area (Å²) >= 11 is 3.23. The minimum absolute atomic E-state index is 0.0842. The summed E-state index contributed by atoms with van der Waals surface area (Å²) in [6.07, 6.45) is 2.41. The van der Waals surface area contributed by atoms with Gasteiger partial charge in [-0.2, -0.15) is 22.5 Å². The lowest BCUT2D eigenvalue weighted by Gasteiger charge is -2.33. The molecule has 10 heteroatoms. The van der Waals surface area contributed by atoms with Crippen LogP contribution in [0.5, 0.6) is 0 Å². The predicted octanol–water partition coefficient (Wildman–Crippen LogP) is 3.65. The third kappa shape index (κ3) is 3.79. The van der Waals surface area contributed by atoms with Gasteiger partial charge in [0.15, 0.2) is 0 Å². The molecule has 0 spiro atoms. The molecule has 1 fully saturated rings. The number of rotatable bonds is 3. The molecule has 26 heavy (non-hydrogen) atoms. The fourth-order valence-corrected chi connectivity index (χ4v) is 3.06. The van der Waals surface area contributed by atoms with Crippen LogP contribution < -0.4 is 10.2 Å². The number of pyridine rings is 2. The molecule has 0 aliphatic carbocycles. The van der Waals surface area contributed by atoms with Gasteiger partial charge in [0.2, 0.25) is 17.5 Å². The highest BCUT2D eigenvalue weighted by Crippen LogP contribution is 2.30. The molecule has 1 amide bonds. The third-order valence-corrected chi connectivity index (χ3v) is 4.53. The van der Waals surface area contributed by atoms with Crippen molar-refractivity contribution in [3.05, 3.63) is 46.3 Å². The van der Waals surface area contributed by atoms with Gasteiger partial charge in [-0.25, -0.2) is 4.98 Å². The van der Waals surface area contributed by atoms with Gasteiger partial charge in [-0.3, -0.25) is 4.79 Å². The summed E-state index contributed by atoms with van der Waals surface area (Å²) in [4.78, 5) is 20.1. The van der Waals surface area contributed by atoms with Crippen LogP contribution in [0.3, 0.4) is 0 Å². The zero-order chi connectivity index (χ0) is 18.8. The van der Waals surface area contributed by atoms with Crippen LogP contribution in [0.4, 0.5) is 29.1 Å². The van der Waals surface area contributed by atoms with Gasteiger partial charge in [0, 0.05) is 23.8 Å². The average molecular weight is 433 g/mol. The van der Waals surface area contributed by atoms with E-state index in [9.17, 15) is 22.4 Å². The van der Waals surface area contributed by atoms with Gasteiger partial charge in [-0.1, -0.05) is 0 Å². The quantitative estimate of drug-likeness (QED) is 0.593. The lowest BCUT2D eigenvalue weighted by Crippen LogP contribution is -2.42. The topological polar surface area (TPSA) is 58.1 Å². The van der Waals surface area contributed by atoms with Crippen molar-refractivity contribution < 1.29 is 22.4 Å². The number of piperidine rings is 1. The Bertz CT molecular complexity index is 808. The number of hydrogen-bond acceptors (Lipinski definition) is 4. The van der Waals surface area contributed by atoms with E-state index in [4.69, 9.17) is 0 Å². The van der Waals surface area contributed by atoms with Crippen molar-refractivity contribution in [3.63, 3.8) is 0 Å². The maximum absolute atomic E-state index is 13.9. The summed E-state index contributed by atoms with van der Waals surface area (Å²) in [6, 6.07) is 3.29. The van der Waals surface area contributed by atoms with E-state index < -0.39 is 35.1 Å². The summed E-state index contributed by atoms with van der Waals surface area (Å²) < 4.78 is 55.3. The number of hydrogen-bond donors (Lipinski definition) is 1. The number of aromatic nitrogens is 2. The average Bonchev–Trinajstić information content (AvgIpc) is 2.62. The largest absolute Gasteiger partial charge is 0.366 e. The van der Waals surface area contributed by atoms with Gasteiger partial charge in [0.1, 0.15) is 11.5 Å². The van der Waals surface area contributed by atoms with Crippen LogP contribution in [0.2, 0.25) is 0 Å². The van der Waals surface area contributed by atoms with Gasteiger partial charge in [0.25, 0.3) is 11.9 Å². The Balaban J connectivity index is 1.77. The second-order valence-corrected chi connectivity index (χ2v) is 6.72. The lowest BCUT2D eigenvalue weighted by molar-refractivity contribution is -0.120. The van der Waals surface area contributed by atoms with E-state index in [1.54, 1.807) is 12.1 Å². The molecule has 0 saturated carbocycles. The Morgan fingerprint density at radius 1 is 1.19 bits per heavy atom. The molecule has 1 saturated heterocycles. The van der Waals surface area contributed by atoms with Gasteiger partial charge in [-0.15, -0.1) is 0 Å². The fraction of sp³-hybridized carbons (Fsp3) is 0.312. The maximum atomic E-state index is 13.9. The highest BCUT2D eigenvalue weighted by atomic mass is 79.9. The Morgan fingerprint density at radius 3 is 2.50 bits per heavy atom. The highest BCUT2D eigenvalue weighted by molar-refractivity contribution is 9.10. The number of nitrogens with one attached hydrogen (secondary N) is 1. The molecular weight excluding hydrogens is 420 g/mol. The Labute approximate surface area is 154 Å². The molecule has 0 aromatic carbocycles. The molecule has 2 aromatic heterocycles. The minimum Gasteiger partial charge on any atom is -0.366 e. The van der Waals surface area contributed by atoms with E-state index in [-0.39, 0.29) is 19.0 Å². The molecule has 1 aliphatic rings. The van der Waals surface area contributed by atoms with E-state index in [1.165, 1.54) is 6.20 Å². The van der Waals surface area contributed by atoms with Crippen molar-refractivity contribution in [3.8, 4) is 0 Å². The smallest absolute Gasteiger partial charge is 0.253 e. The van der Waals surface area contributed by atoms with Gasteiger partial charge in [0.05, 0.1) is 5.92 Å². The zero-order valence-electron chi connectivity index (χ0n) is 13.3. The van der Waals surface area contributed by atoms with E-state index >= 15 is 0 Å². The minimum atomic E-state index is -1.72. The zero-order valence-corrected chi connectivity index (χ0v) is 14.9. The third-order valence-electron chi connectivity index (χ3n) is 4.06. The first-order chi connectivity index (χ1) is 12.4. The second kappa shape index (κ2) is 7.56. The molecule has 138 valence electrons. The monoisotopic (exact) mass is 432 g/mol. The molecule has 1 unspecified atom stereocenters. The van der Waals surface area contributed by atoms with Crippen molar-refractivity contribution in [1.29, 1.82) is 0 Å². The van der Waals surface area contributed by atoms with Crippen molar-refractivity contribution in [1.82, 2.24) is 9.97 Å². The number of carbonyl (C=O) groups is 1. The van der Waals surface area contributed by atoms with Gasteiger partial charge >= 0.3 is 0 Å². The van der Waals surface area contributed by atoms with Crippen LogP contribution in [0.1, 0.15) is 12.8 Å². The van der Waals surface area contributed by atoms with Gasteiger partial charge in [-0.05, 0) is 40.9 Å². The summed E-state index contributed by atoms with van der Waals surface area (Å²) in [5.74, 6) is -7.26. The van der Waals surface area contributed by atoms with Crippen LogP contribution in [0.25, 0.3) is 0 Å². The van der Waals surface area contributed by atoms with E-state index in [0.29, 0.717) is 18.7 Å².